The van der Waals surface area contributed by atoms with Gasteiger partial charge in [0.15, 0.2) is 5.17 Å². The number of rotatable bonds is 1. The molecule has 3 heteroatoms. The lowest BCUT2D eigenvalue weighted by molar-refractivity contribution is 0.334. The Bertz CT molecular complexity index is 281. The molecule has 1 aliphatic carbocycles. The number of thioether (sulfide) groups is 1. The molecule has 2 fully saturated rings. The predicted molar refractivity (Wildman–Crippen MR) is 68.5 cm³/mol. The zero-order chi connectivity index (χ0) is 11.1. The highest BCUT2D eigenvalue weighted by Crippen LogP contribution is 2.40. The Hall–Kier alpha value is -0.180. The van der Waals surface area contributed by atoms with E-state index in [1.54, 1.807) is 0 Å². The first kappa shape index (κ1) is 11.3. The van der Waals surface area contributed by atoms with Crippen LogP contribution >= 0.6 is 11.8 Å². The molecule has 2 nitrogen and oxygen atoms in total. The van der Waals surface area contributed by atoms with Gasteiger partial charge in [0.1, 0.15) is 0 Å². The molecular weight excluding hydrogens is 204 g/mol. The fourth-order valence-electron chi connectivity index (χ4n) is 2.37. The monoisotopic (exact) mass is 226 g/mol. The number of nitrogens with one attached hydrogen (secondary N) is 1. The zero-order valence-electron chi connectivity index (χ0n) is 10.3. The van der Waals surface area contributed by atoms with E-state index in [-0.39, 0.29) is 5.54 Å². The molecule has 1 N–H and O–H groups in total. The maximum Gasteiger partial charge on any atom is 0.157 e. The van der Waals surface area contributed by atoms with E-state index in [1.165, 1.54) is 24.4 Å². The highest BCUT2D eigenvalue weighted by molar-refractivity contribution is 8.14. The van der Waals surface area contributed by atoms with Crippen molar-refractivity contribution in [2.45, 2.75) is 58.5 Å². The third-order valence-electron chi connectivity index (χ3n) is 3.49. The van der Waals surface area contributed by atoms with Gasteiger partial charge in [-0.1, -0.05) is 32.0 Å². The van der Waals surface area contributed by atoms with Crippen LogP contribution in [0.1, 0.15) is 47.0 Å². The van der Waals surface area contributed by atoms with Crippen molar-refractivity contribution in [2.24, 2.45) is 10.4 Å². The first-order valence-electron chi connectivity index (χ1n) is 5.88. The van der Waals surface area contributed by atoms with Gasteiger partial charge in [-0.05, 0) is 32.1 Å². The summed E-state index contributed by atoms with van der Waals surface area (Å²) in [6.45, 7) is 9.17. The molecule has 0 aromatic heterocycles. The van der Waals surface area contributed by atoms with Crippen molar-refractivity contribution in [3.63, 3.8) is 0 Å². The van der Waals surface area contributed by atoms with E-state index in [4.69, 9.17) is 4.99 Å². The SMILES string of the molecule is CC1(C)CSC(=NC2CCCC2(C)C)N1. The Morgan fingerprint density at radius 3 is 2.53 bits per heavy atom. The molecule has 1 heterocycles. The van der Waals surface area contributed by atoms with Crippen molar-refractivity contribution < 1.29 is 0 Å². The largest absolute Gasteiger partial charge is 0.359 e. The van der Waals surface area contributed by atoms with Crippen LogP contribution in [0.3, 0.4) is 0 Å². The summed E-state index contributed by atoms with van der Waals surface area (Å²) >= 11 is 1.88. The molecule has 1 unspecified atom stereocenters. The van der Waals surface area contributed by atoms with E-state index >= 15 is 0 Å². The molecule has 2 aliphatic rings. The lowest BCUT2D eigenvalue weighted by atomic mass is 9.88. The minimum atomic E-state index is 0.228. The minimum Gasteiger partial charge on any atom is -0.359 e. The molecule has 1 aliphatic heterocycles. The third kappa shape index (κ3) is 2.49. The van der Waals surface area contributed by atoms with Gasteiger partial charge in [0, 0.05) is 11.3 Å². The number of nitrogens with zero attached hydrogens (tertiary/aromatic N) is 1. The van der Waals surface area contributed by atoms with Gasteiger partial charge in [-0.2, -0.15) is 0 Å². The summed E-state index contributed by atoms with van der Waals surface area (Å²) in [5.41, 5.74) is 0.633. The second kappa shape index (κ2) is 3.69. The average molecular weight is 226 g/mol. The van der Waals surface area contributed by atoms with Crippen LogP contribution in [0.15, 0.2) is 4.99 Å². The Kier molecular flexibility index (Phi) is 2.78. The molecule has 1 saturated heterocycles. The maximum atomic E-state index is 4.89. The molecular formula is C12H22N2S. The van der Waals surface area contributed by atoms with Crippen molar-refractivity contribution >= 4 is 16.9 Å². The van der Waals surface area contributed by atoms with Crippen LogP contribution in [-0.2, 0) is 0 Å². The third-order valence-corrected chi connectivity index (χ3v) is 4.84. The standard InChI is InChI=1S/C12H22N2S/c1-11(2)7-5-6-9(11)13-10-14-12(3,4)8-15-10/h9H,5-8H2,1-4H3,(H,13,14). The molecule has 86 valence electrons. The number of hydrogen-bond donors (Lipinski definition) is 1. The lowest BCUT2D eigenvalue weighted by Gasteiger charge is -2.24. The fourth-order valence-corrected chi connectivity index (χ4v) is 3.49. The number of hydrogen-bond acceptors (Lipinski definition) is 2. The maximum absolute atomic E-state index is 4.89. The van der Waals surface area contributed by atoms with E-state index < -0.39 is 0 Å². The van der Waals surface area contributed by atoms with Gasteiger partial charge in [0.2, 0.25) is 0 Å². The van der Waals surface area contributed by atoms with E-state index in [0.717, 1.165) is 5.75 Å². The van der Waals surface area contributed by atoms with E-state index in [0.29, 0.717) is 11.5 Å². The number of amidine groups is 1. The van der Waals surface area contributed by atoms with Gasteiger partial charge < -0.3 is 5.32 Å². The van der Waals surface area contributed by atoms with Crippen LogP contribution in [0.5, 0.6) is 0 Å². The van der Waals surface area contributed by atoms with Crippen molar-refractivity contribution in [3.05, 3.63) is 0 Å². The predicted octanol–water partition coefficient (Wildman–Crippen LogP) is 3.04. The summed E-state index contributed by atoms with van der Waals surface area (Å²) in [7, 11) is 0. The summed E-state index contributed by atoms with van der Waals surface area (Å²) in [6.07, 6.45) is 3.92. The molecule has 0 radical (unpaired) electrons. The highest BCUT2D eigenvalue weighted by Gasteiger charge is 2.36. The molecule has 0 aromatic carbocycles. The zero-order valence-corrected chi connectivity index (χ0v) is 11.1. The van der Waals surface area contributed by atoms with E-state index in [9.17, 15) is 0 Å². The van der Waals surface area contributed by atoms with Crippen LogP contribution in [0.2, 0.25) is 0 Å². The Morgan fingerprint density at radius 2 is 2.07 bits per heavy atom. The second-order valence-corrected chi connectivity index (χ2v) is 7.09. The van der Waals surface area contributed by atoms with Crippen molar-refractivity contribution in [2.75, 3.05) is 5.75 Å². The van der Waals surface area contributed by atoms with Crippen molar-refractivity contribution in [3.8, 4) is 0 Å². The topological polar surface area (TPSA) is 24.4 Å². The van der Waals surface area contributed by atoms with Crippen LogP contribution in [0.25, 0.3) is 0 Å². The fraction of sp³-hybridized carbons (Fsp3) is 0.917. The summed E-state index contributed by atoms with van der Waals surface area (Å²) in [4.78, 5) is 4.89. The van der Waals surface area contributed by atoms with Gasteiger partial charge in [-0.15, -0.1) is 0 Å². The minimum absolute atomic E-state index is 0.228. The molecule has 0 amide bonds. The van der Waals surface area contributed by atoms with Crippen molar-refractivity contribution in [1.82, 2.24) is 5.32 Å². The van der Waals surface area contributed by atoms with Gasteiger partial charge in [0.05, 0.1) is 6.04 Å². The summed E-state index contributed by atoms with van der Waals surface area (Å²) in [6, 6.07) is 0.529. The van der Waals surface area contributed by atoms with Crippen LogP contribution in [0.4, 0.5) is 0 Å². The number of aliphatic imine (C=N–C) groups is 1. The Balaban J connectivity index is 2.05. The summed E-state index contributed by atoms with van der Waals surface area (Å²) in [5.74, 6) is 1.14. The van der Waals surface area contributed by atoms with E-state index in [2.05, 4.69) is 33.0 Å². The normalized spacial score (nSPS) is 35.7. The smallest absolute Gasteiger partial charge is 0.157 e. The molecule has 2 rings (SSSR count). The quantitative estimate of drug-likeness (QED) is 0.743. The Morgan fingerprint density at radius 1 is 1.33 bits per heavy atom. The highest BCUT2D eigenvalue weighted by atomic mass is 32.2. The molecule has 1 saturated carbocycles. The van der Waals surface area contributed by atoms with Gasteiger partial charge in [-0.25, -0.2) is 0 Å². The lowest BCUT2D eigenvalue weighted by Crippen LogP contribution is -2.37. The van der Waals surface area contributed by atoms with Crippen molar-refractivity contribution in [1.29, 1.82) is 0 Å². The van der Waals surface area contributed by atoms with Gasteiger partial charge in [0.25, 0.3) is 0 Å². The second-order valence-electron chi connectivity index (χ2n) is 6.13. The average Bonchev–Trinajstić information content (AvgIpc) is 2.57. The molecule has 0 spiro atoms. The van der Waals surface area contributed by atoms with Gasteiger partial charge in [-0.3, -0.25) is 4.99 Å². The molecule has 0 bridgehead atoms. The molecule has 0 aromatic rings. The first-order valence-corrected chi connectivity index (χ1v) is 6.86. The Labute approximate surface area is 97.3 Å². The van der Waals surface area contributed by atoms with E-state index in [1.807, 2.05) is 11.8 Å². The first-order chi connectivity index (χ1) is 6.89. The summed E-state index contributed by atoms with van der Waals surface area (Å²) in [5, 5.41) is 4.67. The van der Waals surface area contributed by atoms with Crippen LogP contribution in [-0.4, -0.2) is 22.5 Å². The summed E-state index contributed by atoms with van der Waals surface area (Å²) < 4.78 is 0. The van der Waals surface area contributed by atoms with Crippen LogP contribution in [0, 0.1) is 5.41 Å². The molecule has 1 atom stereocenters. The van der Waals surface area contributed by atoms with Crippen LogP contribution < -0.4 is 5.32 Å². The molecule has 15 heavy (non-hydrogen) atoms. The van der Waals surface area contributed by atoms with Gasteiger partial charge >= 0.3 is 0 Å².